The largest absolute Gasteiger partial charge is 0.343 e. The van der Waals surface area contributed by atoms with Crippen LogP contribution in [0.5, 0.6) is 0 Å². The Morgan fingerprint density at radius 2 is 1.69 bits per heavy atom. The van der Waals surface area contributed by atoms with Crippen LogP contribution in [0.15, 0.2) is 67.1 Å². The van der Waals surface area contributed by atoms with Gasteiger partial charge in [-0.25, -0.2) is 0 Å². The van der Waals surface area contributed by atoms with Crippen LogP contribution < -0.4 is 0 Å². The molecule has 1 atom stereocenters. The Hall–Kier alpha value is -2.33. The molecule has 0 bridgehead atoms. The maximum absolute atomic E-state index is 6.35. The van der Waals surface area contributed by atoms with Crippen molar-refractivity contribution in [1.29, 1.82) is 0 Å². The van der Waals surface area contributed by atoms with E-state index < -0.39 is 0 Å². The first-order chi connectivity index (χ1) is 13.9. The van der Waals surface area contributed by atoms with E-state index in [1.54, 1.807) is 0 Å². The minimum atomic E-state index is 0.325. The van der Waals surface area contributed by atoms with Gasteiger partial charge in [-0.15, -0.1) is 0 Å². The summed E-state index contributed by atoms with van der Waals surface area (Å²) in [5, 5.41) is 2.58. The summed E-state index contributed by atoms with van der Waals surface area (Å²) in [6.45, 7) is 3.19. The Labute approximate surface area is 181 Å². The third-order valence-corrected chi connectivity index (χ3v) is 5.58. The molecule has 2 aromatic carbocycles. The van der Waals surface area contributed by atoms with Gasteiger partial charge in [0.15, 0.2) is 0 Å². The lowest BCUT2D eigenvalue weighted by Gasteiger charge is -2.19. The number of halogens is 2. The number of hydrogen-bond acceptors (Lipinski definition) is 2. The number of fused-ring (bicyclic) bond motifs is 1. The second-order valence-electron chi connectivity index (χ2n) is 7.70. The lowest BCUT2D eigenvalue weighted by molar-refractivity contribution is 0.341. The van der Waals surface area contributed by atoms with Crippen molar-refractivity contribution in [2.75, 3.05) is 20.6 Å². The SMILES string of the molecule is CC(CN(C)C)n1cc(-c2cncc(-c3cccc(Cl)c3)c2)c2cc(Cl)ccc21. The molecule has 4 aromatic rings. The second kappa shape index (κ2) is 8.19. The highest BCUT2D eigenvalue weighted by Crippen LogP contribution is 2.35. The van der Waals surface area contributed by atoms with Crippen molar-refractivity contribution in [2.24, 2.45) is 0 Å². The average molecular weight is 424 g/mol. The number of nitrogens with zero attached hydrogens (tertiary/aromatic N) is 3. The minimum Gasteiger partial charge on any atom is -0.343 e. The molecular formula is C24H23Cl2N3. The summed E-state index contributed by atoms with van der Waals surface area (Å²) in [6.07, 6.45) is 5.99. The van der Waals surface area contributed by atoms with Crippen LogP contribution in [0.25, 0.3) is 33.2 Å². The van der Waals surface area contributed by atoms with Crippen LogP contribution in [0, 0.1) is 0 Å². The summed E-state index contributed by atoms with van der Waals surface area (Å²) in [7, 11) is 4.19. The molecule has 0 amide bonds. The fourth-order valence-corrected chi connectivity index (χ4v) is 4.21. The highest BCUT2D eigenvalue weighted by atomic mass is 35.5. The maximum Gasteiger partial charge on any atom is 0.0490 e. The van der Waals surface area contributed by atoms with E-state index in [0.717, 1.165) is 39.2 Å². The van der Waals surface area contributed by atoms with Crippen LogP contribution in [-0.2, 0) is 0 Å². The zero-order valence-electron chi connectivity index (χ0n) is 16.7. The van der Waals surface area contributed by atoms with E-state index in [1.165, 1.54) is 5.52 Å². The van der Waals surface area contributed by atoms with Gasteiger partial charge in [-0.2, -0.15) is 0 Å². The second-order valence-corrected chi connectivity index (χ2v) is 8.57. The summed E-state index contributed by atoms with van der Waals surface area (Å²) >= 11 is 12.5. The van der Waals surface area contributed by atoms with Gasteiger partial charge in [0.2, 0.25) is 0 Å². The quantitative estimate of drug-likeness (QED) is 0.351. The normalized spacial score (nSPS) is 12.6. The van der Waals surface area contributed by atoms with Crippen LogP contribution in [0.3, 0.4) is 0 Å². The van der Waals surface area contributed by atoms with Gasteiger partial charge < -0.3 is 9.47 Å². The van der Waals surface area contributed by atoms with Crippen LogP contribution >= 0.6 is 23.2 Å². The Bertz CT molecular complexity index is 1160. The Balaban J connectivity index is 1.86. The summed E-state index contributed by atoms with van der Waals surface area (Å²) in [4.78, 5) is 6.71. The van der Waals surface area contributed by atoms with Crippen molar-refractivity contribution in [1.82, 2.24) is 14.5 Å². The summed E-state index contributed by atoms with van der Waals surface area (Å²) in [6, 6.07) is 16.4. The van der Waals surface area contributed by atoms with Gasteiger partial charge in [-0.1, -0.05) is 35.3 Å². The van der Waals surface area contributed by atoms with Gasteiger partial charge >= 0.3 is 0 Å². The summed E-state index contributed by atoms with van der Waals surface area (Å²) in [5.41, 5.74) is 5.45. The third kappa shape index (κ3) is 4.18. The van der Waals surface area contributed by atoms with E-state index in [1.807, 2.05) is 48.8 Å². The van der Waals surface area contributed by atoms with Crippen LogP contribution in [-0.4, -0.2) is 35.1 Å². The van der Waals surface area contributed by atoms with Gasteiger partial charge in [0.1, 0.15) is 0 Å². The predicted octanol–water partition coefficient (Wildman–Crippen LogP) is 6.80. The number of aromatic nitrogens is 2. The first kappa shape index (κ1) is 20.0. The lowest BCUT2D eigenvalue weighted by atomic mass is 10.0. The molecule has 0 N–H and O–H groups in total. The molecular weight excluding hydrogens is 401 g/mol. The standard InChI is InChI=1S/C24H23Cl2N3/c1-16(14-28(2)3)29-15-23(22-11-21(26)7-8-24(22)29)19-9-18(12-27-13-19)17-5-4-6-20(25)10-17/h4-13,15-16H,14H2,1-3H3. The molecule has 29 heavy (non-hydrogen) atoms. The fourth-order valence-electron chi connectivity index (χ4n) is 3.85. The number of hydrogen-bond donors (Lipinski definition) is 0. The van der Waals surface area contributed by atoms with Gasteiger partial charge in [0.05, 0.1) is 0 Å². The minimum absolute atomic E-state index is 0.325. The molecule has 2 heterocycles. The molecule has 0 aliphatic rings. The smallest absolute Gasteiger partial charge is 0.0490 e. The van der Waals surface area contributed by atoms with E-state index in [9.17, 15) is 0 Å². The monoisotopic (exact) mass is 423 g/mol. The van der Waals surface area contributed by atoms with E-state index in [-0.39, 0.29) is 0 Å². The van der Waals surface area contributed by atoms with Gasteiger partial charge in [0.25, 0.3) is 0 Å². The first-order valence-corrected chi connectivity index (χ1v) is 10.3. The molecule has 4 rings (SSSR count). The Morgan fingerprint density at radius 3 is 2.45 bits per heavy atom. The van der Waals surface area contributed by atoms with Crippen LogP contribution in [0.4, 0.5) is 0 Å². The molecule has 1 unspecified atom stereocenters. The fraction of sp³-hybridized carbons (Fsp3) is 0.208. The van der Waals surface area contributed by atoms with Crippen molar-refractivity contribution >= 4 is 34.1 Å². The van der Waals surface area contributed by atoms with Crippen molar-refractivity contribution in [2.45, 2.75) is 13.0 Å². The molecule has 148 valence electrons. The molecule has 0 spiro atoms. The maximum atomic E-state index is 6.35. The highest BCUT2D eigenvalue weighted by Gasteiger charge is 2.16. The molecule has 0 aliphatic heterocycles. The lowest BCUT2D eigenvalue weighted by Crippen LogP contribution is -2.21. The summed E-state index contributed by atoms with van der Waals surface area (Å²) in [5.74, 6) is 0. The third-order valence-electron chi connectivity index (χ3n) is 5.11. The first-order valence-electron chi connectivity index (χ1n) is 9.58. The molecule has 3 nitrogen and oxygen atoms in total. The number of pyridine rings is 1. The molecule has 2 aromatic heterocycles. The highest BCUT2D eigenvalue weighted by molar-refractivity contribution is 6.31. The average Bonchev–Trinajstić information content (AvgIpc) is 3.06. The Kier molecular flexibility index (Phi) is 5.64. The van der Waals surface area contributed by atoms with Crippen molar-refractivity contribution < 1.29 is 0 Å². The number of likely N-dealkylation sites (N-methyl/N-ethyl adjacent to an activating group) is 1. The summed E-state index contributed by atoms with van der Waals surface area (Å²) < 4.78 is 2.33. The predicted molar refractivity (Wildman–Crippen MR) is 124 cm³/mol. The topological polar surface area (TPSA) is 21.1 Å². The molecule has 5 heteroatoms. The molecule has 0 radical (unpaired) electrons. The van der Waals surface area contributed by atoms with Crippen molar-refractivity contribution in [3.05, 3.63) is 77.2 Å². The van der Waals surface area contributed by atoms with E-state index in [2.05, 4.69) is 53.8 Å². The molecule has 0 saturated heterocycles. The number of benzene rings is 2. The Morgan fingerprint density at radius 1 is 0.931 bits per heavy atom. The van der Waals surface area contributed by atoms with Crippen LogP contribution in [0.2, 0.25) is 10.0 Å². The van der Waals surface area contributed by atoms with Gasteiger partial charge in [-0.05, 0) is 63.0 Å². The van der Waals surface area contributed by atoms with E-state index in [4.69, 9.17) is 23.2 Å². The van der Waals surface area contributed by atoms with Gasteiger partial charge in [-0.3, -0.25) is 4.98 Å². The van der Waals surface area contributed by atoms with Gasteiger partial charge in [0, 0.05) is 68.8 Å². The zero-order valence-corrected chi connectivity index (χ0v) is 18.2. The molecule has 0 fully saturated rings. The molecule has 0 saturated carbocycles. The van der Waals surface area contributed by atoms with E-state index in [0.29, 0.717) is 11.1 Å². The van der Waals surface area contributed by atoms with Crippen molar-refractivity contribution in [3.63, 3.8) is 0 Å². The molecule has 0 aliphatic carbocycles. The number of rotatable bonds is 5. The van der Waals surface area contributed by atoms with E-state index >= 15 is 0 Å². The van der Waals surface area contributed by atoms with Crippen molar-refractivity contribution in [3.8, 4) is 22.3 Å². The zero-order chi connectivity index (χ0) is 20.5. The van der Waals surface area contributed by atoms with Crippen LogP contribution in [0.1, 0.15) is 13.0 Å².